The quantitative estimate of drug-likeness (QED) is 0.0172. The summed E-state index contributed by atoms with van der Waals surface area (Å²) in [5, 5.41) is 70.8. The molecule has 0 unspecified atom stereocenters. The normalized spacial score (nSPS) is 9.24. The number of nitrogen functional groups attached to an aromatic ring is 1. The fourth-order valence-electron chi connectivity index (χ4n) is 3.50. The molecule has 0 saturated heterocycles. The van der Waals surface area contributed by atoms with E-state index in [1.807, 2.05) is 57.9 Å². The van der Waals surface area contributed by atoms with Gasteiger partial charge < -0.3 is 41.5 Å². The van der Waals surface area contributed by atoms with Gasteiger partial charge in [0.1, 0.15) is 24.0 Å². The number of alkyl halides is 1. The molecule has 0 bridgehead atoms. The van der Waals surface area contributed by atoms with Crippen molar-refractivity contribution >= 4 is 130 Å². The SMILES string of the molecule is COc1cc(Br)cs1.N#Cc1csc(CBr)c1.N#Cc1csc(CO)c1.N#Cc1csc(COCCO)c1.N=C(N)c1csc(COCCON)c1.OCc1cc(Br)cs1.[B].[H-].[Na+]. The minimum absolute atomic E-state index is 0. The second kappa shape index (κ2) is 39.5. The number of amidine groups is 1. The third kappa shape index (κ3) is 28.9. The number of hydrogen-bond acceptors (Lipinski definition) is 18. The largest absolute Gasteiger partial charge is 1.00 e. The van der Waals surface area contributed by atoms with Crippen LogP contribution in [0.2, 0.25) is 0 Å². The summed E-state index contributed by atoms with van der Waals surface area (Å²) in [7, 11) is 1.66. The smallest absolute Gasteiger partial charge is 1.00 e. The predicted molar refractivity (Wildman–Crippen MR) is 261 cm³/mol. The van der Waals surface area contributed by atoms with E-state index in [4.69, 9.17) is 62.4 Å². The summed E-state index contributed by atoms with van der Waals surface area (Å²) in [6.45, 7) is 2.39. The third-order valence-electron chi connectivity index (χ3n) is 6.19. The molecule has 327 valence electrons. The number of nitrogens with zero attached hydrogens (tertiary/aromatic N) is 3. The molecular formula is C38H42BBr3N6NaO7S6. The van der Waals surface area contributed by atoms with Crippen LogP contribution in [0.15, 0.2) is 77.6 Å². The Morgan fingerprint density at radius 3 is 1.48 bits per heavy atom. The Kier molecular flexibility index (Phi) is 39.7. The van der Waals surface area contributed by atoms with Crippen molar-refractivity contribution < 1.29 is 65.4 Å². The van der Waals surface area contributed by atoms with E-state index in [0.29, 0.717) is 44.2 Å². The van der Waals surface area contributed by atoms with Crippen molar-refractivity contribution in [3.8, 4) is 23.3 Å². The number of hydrogen-bond donors (Lipinski definition) is 6. The van der Waals surface area contributed by atoms with E-state index in [0.717, 1.165) is 50.0 Å². The molecule has 0 saturated carbocycles. The molecule has 8 N–H and O–H groups in total. The molecule has 0 amide bonds. The summed E-state index contributed by atoms with van der Waals surface area (Å²) in [6, 6.07) is 17.1. The first-order valence-electron chi connectivity index (χ1n) is 16.7. The number of nitrogens with one attached hydrogen (secondary N) is 1. The summed E-state index contributed by atoms with van der Waals surface area (Å²) in [6.07, 6.45) is 0. The van der Waals surface area contributed by atoms with Gasteiger partial charge in [0.25, 0.3) is 0 Å². The summed E-state index contributed by atoms with van der Waals surface area (Å²) in [4.78, 5) is 9.43. The Balaban J connectivity index is -0.000000687. The van der Waals surface area contributed by atoms with Gasteiger partial charge in [0.15, 0.2) is 5.06 Å². The zero-order valence-electron chi connectivity index (χ0n) is 34.4. The Bertz CT molecular complexity index is 2110. The average molecular weight is 1160 g/mol. The maximum absolute atomic E-state index is 8.55. The zero-order chi connectivity index (χ0) is 44.5. The second-order valence-corrected chi connectivity index (χ2v) is 18.9. The van der Waals surface area contributed by atoms with Crippen molar-refractivity contribution in [2.75, 3.05) is 33.5 Å². The maximum Gasteiger partial charge on any atom is 1.00 e. The van der Waals surface area contributed by atoms with Gasteiger partial charge in [0.2, 0.25) is 0 Å². The number of aliphatic hydroxyl groups is 3. The van der Waals surface area contributed by atoms with Crippen molar-refractivity contribution in [2.24, 2.45) is 11.6 Å². The number of halogens is 3. The van der Waals surface area contributed by atoms with E-state index in [-0.39, 0.29) is 65.1 Å². The van der Waals surface area contributed by atoms with Crippen LogP contribution in [0, 0.1) is 39.4 Å². The average Bonchev–Trinajstić information content (AvgIpc) is 4.13. The molecule has 3 radical (unpaired) electrons. The number of ether oxygens (including phenoxy) is 3. The molecule has 0 spiro atoms. The molecule has 0 aliphatic carbocycles. The number of thiophene rings is 6. The van der Waals surface area contributed by atoms with Gasteiger partial charge in [-0.2, -0.15) is 15.8 Å². The minimum Gasteiger partial charge on any atom is -1.00 e. The van der Waals surface area contributed by atoms with E-state index in [1.165, 1.54) is 38.9 Å². The van der Waals surface area contributed by atoms with Crippen molar-refractivity contribution in [3.63, 3.8) is 0 Å². The Morgan fingerprint density at radius 1 is 0.677 bits per heavy atom. The van der Waals surface area contributed by atoms with Crippen molar-refractivity contribution in [1.29, 1.82) is 21.2 Å². The van der Waals surface area contributed by atoms with Gasteiger partial charge in [-0.05, 0) is 62.2 Å². The van der Waals surface area contributed by atoms with Gasteiger partial charge in [-0.1, -0.05) is 15.9 Å². The molecule has 0 aliphatic heterocycles. The molecule has 0 aliphatic rings. The number of methoxy groups -OCH3 is 1. The molecule has 62 heavy (non-hydrogen) atoms. The van der Waals surface area contributed by atoms with Gasteiger partial charge in [-0.3, -0.25) is 5.41 Å². The first-order chi connectivity index (χ1) is 29.0. The zero-order valence-corrected chi connectivity index (χ0v) is 45.1. The van der Waals surface area contributed by atoms with E-state index in [2.05, 4.69) is 58.7 Å². The summed E-state index contributed by atoms with van der Waals surface area (Å²) in [5.74, 6) is 4.91. The van der Waals surface area contributed by atoms with E-state index < -0.39 is 0 Å². The van der Waals surface area contributed by atoms with Crippen LogP contribution in [0.5, 0.6) is 5.06 Å². The Morgan fingerprint density at radius 2 is 1.13 bits per heavy atom. The van der Waals surface area contributed by atoms with Crippen LogP contribution in [-0.2, 0) is 46.1 Å². The van der Waals surface area contributed by atoms with Crippen molar-refractivity contribution in [2.45, 2.75) is 31.8 Å². The van der Waals surface area contributed by atoms with Crippen LogP contribution in [0.4, 0.5) is 0 Å². The number of nitriles is 3. The van der Waals surface area contributed by atoms with Crippen LogP contribution in [0.1, 0.15) is 48.1 Å². The van der Waals surface area contributed by atoms with Gasteiger partial charge in [0, 0.05) is 91.0 Å². The fourth-order valence-corrected chi connectivity index (χ4v) is 9.49. The molecule has 13 nitrogen and oxygen atoms in total. The van der Waals surface area contributed by atoms with Crippen LogP contribution in [0.3, 0.4) is 0 Å². The molecule has 24 heteroatoms. The topological polar surface area (TPSA) is 245 Å². The van der Waals surface area contributed by atoms with E-state index >= 15 is 0 Å². The molecule has 0 atom stereocenters. The molecule has 0 fully saturated rings. The van der Waals surface area contributed by atoms with Crippen LogP contribution in [0.25, 0.3) is 0 Å². The van der Waals surface area contributed by atoms with E-state index in [1.54, 1.807) is 64.0 Å². The molecule has 6 heterocycles. The second-order valence-electron chi connectivity index (χ2n) is 10.6. The van der Waals surface area contributed by atoms with Gasteiger partial charge >= 0.3 is 29.6 Å². The predicted octanol–water partition coefficient (Wildman–Crippen LogP) is 6.45. The van der Waals surface area contributed by atoms with Crippen molar-refractivity contribution in [1.82, 2.24) is 0 Å². The van der Waals surface area contributed by atoms with Gasteiger partial charge in [-0.25, -0.2) is 5.90 Å². The number of rotatable bonds is 14. The number of nitrogens with two attached hydrogens (primary N) is 2. The summed E-state index contributed by atoms with van der Waals surface area (Å²) in [5.41, 5.74) is 8.11. The van der Waals surface area contributed by atoms with Crippen molar-refractivity contribution in [3.05, 3.63) is 124 Å². The van der Waals surface area contributed by atoms with Crippen LogP contribution < -0.4 is 45.9 Å². The summed E-state index contributed by atoms with van der Waals surface area (Å²) >= 11 is 19.0. The Hall–Kier alpha value is -1.84. The third-order valence-corrected chi connectivity index (χ3v) is 14.2. The first kappa shape index (κ1) is 62.3. The van der Waals surface area contributed by atoms with Crippen LogP contribution >= 0.6 is 116 Å². The first-order valence-corrected chi connectivity index (χ1v) is 24.7. The molecule has 6 rings (SSSR count). The summed E-state index contributed by atoms with van der Waals surface area (Å²) < 4.78 is 17.4. The van der Waals surface area contributed by atoms with E-state index in [9.17, 15) is 0 Å². The monoisotopic (exact) mass is 1160 g/mol. The molecule has 6 aromatic rings. The maximum atomic E-state index is 8.55. The molecule has 6 aromatic heterocycles. The van der Waals surface area contributed by atoms with Gasteiger partial charge in [0.05, 0.1) is 76.7 Å². The number of aliphatic hydroxyl groups excluding tert-OH is 3. The van der Waals surface area contributed by atoms with Crippen LogP contribution in [-0.4, -0.2) is 63.1 Å². The standard InChI is InChI=1S/C8H13N3O2S.C8H9NO2S.C6H4BrNS.C6H5NOS.2C5H5BrOS.B.Na.H/c9-8(10)6-3-7(14-5-6)4-12-1-2-13-11;9-4-7-3-8(12-6-7)5-11-2-1-10;7-2-6-1-5(3-8)4-9-6;7-2-5-1-6(3-8)9-4-5;1-7-5-2-4(6)3-8-5;6-4-1-5(2-7)8-3-4;;;/h3,5H,1-2,4,11H2,(H3,9,10);3,6,10H,1-2,5H2;1,4H,2H2;1,4,8H,3H2;2-3H,1H3;1,3,7H,2H2;;;/q;;;;;;;+1;-1. The minimum atomic E-state index is 0. The molecule has 0 aromatic carbocycles. The molecular weight excluding hydrogens is 1120 g/mol. The fraction of sp³-hybridized carbons (Fsp3) is 0.263. The van der Waals surface area contributed by atoms with Gasteiger partial charge in [-0.15, -0.1) is 68.0 Å². The Labute approximate surface area is 436 Å².